The standard InChI is InChI=1S/C19H17BrN2O3/c1-25-17-10-13(22(23)24)9-16-14-6-3-7-15(14)18(21-19(16)17)11-4-2-5-12(20)8-11/h2-6,8-10,14-15,18,21H,7H2,1H3/t14-,15-,18+/m1/s1. The summed E-state index contributed by atoms with van der Waals surface area (Å²) in [6.45, 7) is 0. The number of allylic oxidation sites excluding steroid dienone is 2. The molecule has 6 heteroatoms. The molecular weight excluding hydrogens is 384 g/mol. The third-order valence-electron chi connectivity index (χ3n) is 5.06. The number of benzene rings is 2. The maximum absolute atomic E-state index is 11.3. The molecule has 2 aromatic rings. The number of ether oxygens (including phenoxy) is 1. The number of rotatable bonds is 3. The molecule has 4 rings (SSSR count). The van der Waals surface area contributed by atoms with Gasteiger partial charge in [-0.25, -0.2) is 0 Å². The topological polar surface area (TPSA) is 64.4 Å². The van der Waals surface area contributed by atoms with Gasteiger partial charge in [-0.2, -0.15) is 0 Å². The Labute approximate surface area is 154 Å². The van der Waals surface area contributed by atoms with Crippen LogP contribution in [0.25, 0.3) is 0 Å². The van der Waals surface area contributed by atoms with E-state index >= 15 is 0 Å². The van der Waals surface area contributed by atoms with Crippen molar-refractivity contribution in [2.45, 2.75) is 18.4 Å². The van der Waals surface area contributed by atoms with Gasteiger partial charge in [-0.3, -0.25) is 10.1 Å². The number of nitro benzene ring substituents is 1. The first-order valence-electron chi connectivity index (χ1n) is 8.13. The van der Waals surface area contributed by atoms with Crippen LogP contribution in [0.5, 0.6) is 5.75 Å². The van der Waals surface area contributed by atoms with Crippen molar-refractivity contribution in [3.8, 4) is 5.75 Å². The number of methoxy groups -OCH3 is 1. The fraction of sp³-hybridized carbons (Fsp3) is 0.263. The van der Waals surface area contributed by atoms with Gasteiger partial charge in [0.25, 0.3) is 5.69 Å². The molecule has 0 amide bonds. The molecule has 128 valence electrons. The van der Waals surface area contributed by atoms with Gasteiger partial charge in [0, 0.05) is 16.5 Å². The normalized spacial score (nSPS) is 23.5. The van der Waals surface area contributed by atoms with Crippen molar-refractivity contribution >= 4 is 27.3 Å². The van der Waals surface area contributed by atoms with Crippen LogP contribution in [0.1, 0.15) is 29.5 Å². The van der Waals surface area contributed by atoms with Crippen LogP contribution in [-0.4, -0.2) is 12.0 Å². The Kier molecular flexibility index (Phi) is 4.00. The molecule has 1 aliphatic heterocycles. The maximum Gasteiger partial charge on any atom is 0.273 e. The molecule has 1 N–H and O–H groups in total. The average molecular weight is 401 g/mol. The van der Waals surface area contributed by atoms with E-state index in [0.717, 1.165) is 22.1 Å². The zero-order chi connectivity index (χ0) is 17.6. The summed E-state index contributed by atoms with van der Waals surface area (Å²) >= 11 is 3.54. The van der Waals surface area contributed by atoms with Crippen LogP contribution in [-0.2, 0) is 0 Å². The summed E-state index contributed by atoms with van der Waals surface area (Å²) in [7, 11) is 1.55. The largest absolute Gasteiger partial charge is 0.494 e. The van der Waals surface area contributed by atoms with Gasteiger partial charge in [-0.05, 0) is 35.6 Å². The molecule has 0 radical (unpaired) electrons. The molecule has 1 aliphatic carbocycles. The van der Waals surface area contributed by atoms with Crippen molar-refractivity contribution in [3.63, 3.8) is 0 Å². The van der Waals surface area contributed by atoms with Gasteiger partial charge in [0.1, 0.15) is 5.75 Å². The van der Waals surface area contributed by atoms with Gasteiger partial charge >= 0.3 is 0 Å². The minimum atomic E-state index is -0.364. The van der Waals surface area contributed by atoms with Crippen LogP contribution >= 0.6 is 15.9 Å². The number of nitrogens with one attached hydrogen (secondary N) is 1. The number of halogens is 1. The number of nitrogens with zero attached hydrogens (tertiary/aromatic N) is 1. The number of fused-ring (bicyclic) bond motifs is 3. The fourth-order valence-electron chi connectivity index (χ4n) is 3.95. The first kappa shape index (κ1) is 16.1. The summed E-state index contributed by atoms with van der Waals surface area (Å²) in [6, 6.07) is 11.6. The monoisotopic (exact) mass is 400 g/mol. The highest BCUT2D eigenvalue weighted by Crippen LogP contribution is 2.53. The molecule has 2 aliphatic rings. The van der Waals surface area contributed by atoms with Crippen molar-refractivity contribution in [1.82, 2.24) is 0 Å². The van der Waals surface area contributed by atoms with Gasteiger partial charge in [0.15, 0.2) is 0 Å². The van der Waals surface area contributed by atoms with Crippen molar-refractivity contribution in [2.75, 3.05) is 12.4 Å². The van der Waals surface area contributed by atoms with E-state index in [4.69, 9.17) is 4.74 Å². The predicted octanol–water partition coefficient (Wildman–Crippen LogP) is 5.19. The molecule has 0 spiro atoms. The van der Waals surface area contributed by atoms with Crippen LogP contribution in [0.4, 0.5) is 11.4 Å². The second-order valence-corrected chi connectivity index (χ2v) is 7.32. The molecule has 1 heterocycles. The Hall–Kier alpha value is -2.34. The van der Waals surface area contributed by atoms with Gasteiger partial charge in [-0.15, -0.1) is 0 Å². The highest BCUT2D eigenvalue weighted by molar-refractivity contribution is 9.10. The van der Waals surface area contributed by atoms with Gasteiger partial charge in [0.2, 0.25) is 0 Å². The van der Waals surface area contributed by atoms with E-state index in [0.29, 0.717) is 11.7 Å². The Bertz CT molecular complexity index is 881. The molecule has 3 atom stereocenters. The van der Waals surface area contributed by atoms with E-state index in [1.165, 1.54) is 11.6 Å². The summed E-state index contributed by atoms with van der Waals surface area (Å²) in [6.07, 6.45) is 5.28. The highest BCUT2D eigenvalue weighted by atomic mass is 79.9. The lowest BCUT2D eigenvalue weighted by Crippen LogP contribution is -2.29. The lowest BCUT2D eigenvalue weighted by atomic mass is 9.76. The molecular formula is C19H17BrN2O3. The second kappa shape index (κ2) is 6.19. The van der Waals surface area contributed by atoms with Crippen molar-refractivity contribution in [2.24, 2.45) is 5.92 Å². The van der Waals surface area contributed by atoms with Gasteiger partial charge < -0.3 is 10.1 Å². The Balaban J connectivity index is 1.85. The average Bonchev–Trinajstić information content (AvgIpc) is 3.10. The minimum absolute atomic E-state index is 0.0670. The molecule has 25 heavy (non-hydrogen) atoms. The van der Waals surface area contributed by atoms with E-state index in [1.54, 1.807) is 13.2 Å². The molecule has 0 aromatic heterocycles. The fourth-order valence-corrected chi connectivity index (χ4v) is 4.37. The third-order valence-corrected chi connectivity index (χ3v) is 5.55. The van der Waals surface area contributed by atoms with E-state index in [2.05, 4.69) is 45.5 Å². The lowest BCUT2D eigenvalue weighted by Gasteiger charge is -2.38. The van der Waals surface area contributed by atoms with Crippen LogP contribution in [0.15, 0.2) is 53.0 Å². The Morgan fingerprint density at radius 1 is 1.32 bits per heavy atom. The highest BCUT2D eigenvalue weighted by Gasteiger charge is 2.40. The molecule has 5 nitrogen and oxygen atoms in total. The molecule has 2 aromatic carbocycles. The van der Waals surface area contributed by atoms with E-state index in [-0.39, 0.29) is 22.6 Å². The SMILES string of the molecule is COc1cc([N+](=O)[O-])cc2c1N[C@@H](c1cccc(Br)c1)[C@@H]1CC=C[C@@H]21. The lowest BCUT2D eigenvalue weighted by molar-refractivity contribution is -0.385. The summed E-state index contributed by atoms with van der Waals surface area (Å²) in [4.78, 5) is 10.9. The zero-order valence-corrected chi connectivity index (χ0v) is 15.2. The minimum Gasteiger partial charge on any atom is -0.494 e. The molecule has 0 bridgehead atoms. The van der Waals surface area contributed by atoms with E-state index < -0.39 is 0 Å². The molecule has 0 fully saturated rings. The predicted molar refractivity (Wildman–Crippen MR) is 100 cm³/mol. The number of nitro groups is 1. The summed E-state index contributed by atoms with van der Waals surface area (Å²) in [5.41, 5.74) is 3.05. The molecule has 0 saturated heterocycles. The maximum atomic E-state index is 11.3. The first-order valence-corrected chi connectivity index (χ1v) is 8.93. The van der Waals surface area contributed by atoms with Gasteiger partial charge in [-0.1, -0.05) is 40.2 Å². The Morgan fingerprint density at radius 3 is 2.88 bits per heavy atom. The number of hydrogen-bond acceptors (Lipinski definition) is 4. The molecule has 0 saturated carbocycles. The zero-order valence-electron chi connectivity index (χ0n) is 13.6. The summed E-state index contributed by atoms with van der Waals surface area (Å²) in [5.74, 6) is 0.991. The van der Waals surface area contributed by atoms with Crippen LogP contribution in [0.3, 0.4) is 0 Å². The van der Waals surface area contributed by atoms with Crippen molar-refractivity contribution in [1.29, 1.82) is 0 Å². The van der Waals surface area contributed by atoms with E-state index in [1.807, 2.05) is 12.1 Å². The molecule has 0 unspecified atom stereocenters. The van der Waals surface area contributed by atoms with Crippen molar-refractivity contribution in [3.05, 3.63) is 74.3 Å². The summed E-state index contributed by atoms with van der Waals surface area (Å²) < 4.78 is 6.50. The van der Waals surface area contributed by atoms with Crippen LogP contribution in [0.2, 0.25) is 0 Å². The van der Waals surface area contributed by atoms with E-state index in [9.17, 15) is 10.1 Å². The Morgan fingerprint density at radius 2 is 2.16 bits per heavy atom. The van der Waals surface area contributed by atoms with Crippen LogP contribution < -0.4 is 10.1 Å². The number of hydrogen-bond donors (Lipinski definition) is 1. The first-order chi connectivity index (χ1) is 12.1. The quantitative estimate of drug-likeness (QED) is 0.437. The second-order valence-electron chi connectivity index (χ2n) is 6.40. The van der Waals surface area contributed by atoms with Crippen molar-refractivity contribution < 1.29 is 9.66 Å². The van der Waals surface area contributed by atoms with Crippen LogP contribution in [0, 0.1) is 16.0 Å². The number of non-ortho nitro benzene ring substituents is 1. The van der Waals surface area contributed by atoms with Gasteiger partial charge in [0.05, 0.1) is 29.8 Å². The number of anilines is 1. The summed E-state index contributed by atoms with van der Waals surface area (Å²) in [5, 5.41) is 14.9. The smallest absolute Gasteiger partial charge is 0.273 e. The third kappa shape index (κ3) is 2.70.